The van der Waals surface area contributed by atoms with Gasteiger partial charge < -0.3 is 14.4 Å². The second-order valence-corrected chi connectivity index (χ2v) is 4.72. The lowest BCUT2D eigenvalue weighted by atomic mass is 10.0. The lowest BCUT2D eigenvalue weighted by molar-refractivity contribution is 0.250. The minimum absolute atomic E-state index is 0.500. The first kappa shape index (κ1) is 13.8. The molecule has 0 aliphatic heterocycles. The summed E-state index contributed by atoms with van der Waals surface area (Å²) in [7, 11) is 5.74. The van der Waals surface area contributed by atoms with Gasteiger partial charge in [0.15, 0.2) is 11.5 Å². The topological polar surface area (TPSA) is 21.7 Å². The smallest absolute Gasteiger partial charge is 0.161 e. The highest BCUT2D eigenvalue weighted by Crippen LogP contribution is 2.30. The lowest BCUT2D eigenvalue weighted by Crippen LogP contribution is -2.19. The van der Waals surface area contributed by atoms with Crippen molar-refractivity contribution in [2.24, 2.45) is 0 Å². The molecule has 0 unspecified atom stereocenters. The van der Waals surface area contributed by atoms with E-state index in [1.165, 1.54) is 5.56 Å². The number of hydrogen-bond acceptors (Lipinski definition) is 3. The number of rotatable bonds is 6. The van der Waals surface area contributed by atoms with Gasteiger partial charge in [-0.1, -0.05) is 19.9 Å². The Bertz CT molecular complexity index is 348. The van der Waals surface area contributed by atoms with Crippen LogP contribution in [0.15, 0.2) is 18.2 Å². The van der Waals surface area contributed by atoms with Crippen LogP contribution in [0.1, 0.15) is 25.3 Å². The summed E-state index contributed by atoms with van der Waals surface area (Å²) >= 11 is 0. The Morgan fingerprint density at radius 3 is 2.41 bits per heavy atom. The number of nitrogens with zero attached hydrogens (tertiary/aromatic N) is 1. The molecule has 0 aromatic heterocycles. The van der Waals surface area contributed by atoms with Gasteiger partial charge in [-0.25, -0.2) is 0 Å². The molecule has 0 aliphatic rings. The molecular formula is C14H23NO2. The summed E-state index contributed by atoms with van der Waals surface area (Å²) in [6.45, 7) is 5.90. The molecule has 0 saturated carbocycles. The standard InChI is InChI=1S/C14H23NO2/c1-11(2)12-6-7-13(14(10-12)16-5)17-9-8-15(3)4/h6-7,10-11H,8-9H2,1-5H3. The van der Waals surface area contributed by atoms with Crippen molar-refractivity contribution in [2.75, 3.05) is 34.4 Å². The van der Waals surface area contributed by atoms with Gasteiger partial charge in [-0.2, -0.15) is 0 Å². The third-order valence-electron chi connectivity index (χ3n) is 2.65. The zero-order valence-electron chi connectivity index (χ0n) is 11.5. The molecule has 0 aliphatic carbocycles. The molecule has 0 spiro atoms. The fourth-order valence-corrected chi connectivity index (χ4v) is 1.50. The molecule has 1 aromatic rings. The molecule has 0 radical (unpaired) electrons. The van der Waals surface area contributed by atoms with E-state index in [4.69, 9.17) is 9.47 Å². The molecule has 1 rings (SSSR count). The maximum absolute atomic E-state index is 5.71. The van der Waals surface area contributed by atoms with Crippen LogP contribution in [0, 0.1) is 0 Å². The van der Waals surface area contributed by atoms with E-state index in [0.717, 1.165) is 18.0 Å². The van der Waals surface area contributed by atoms with E-state index >= 15 is 0 Å². The van der Waals surface area contributed by atoms with Crippen molar-refractivity contribution in [3.63, 3.8) is 0 Å². The third kappa shape index (κ3) is 4.27. The van der Waals surface area contributed by atoms with Crippen molar-refractivity contribution in [1.82, 2.24) is 4.90 Å². The molecule has 0 heterocycles. The van der Waals surface area contributed by atoms with E-state index in [0.29, 0.717) is 12.5 Å². The van der Waals surface area contributed by atoms with Gasteiger partial charge in [0.25, 0.3) is 0 Å². The fourth-order valence-electron chi connectivity index (χ4n) is 1.50. The monoisotopic (exact) mass is 237 g/mol. The highest BCUT2D eigenvalue weighted by Gasteiger charge is 2.07. The minimum Gasteiger partial charge on any atom is -0.493 e. The number of hydrogen-bond donors (Lipinski definition) is 0. The van der Waals surface area contributed by atoms with Crippen molar-refractivity contribution < 1.29 is 9.47 Å². The van der Waals surface area contributed by atoms with Gasteiger partial charge in [0.05, 0.1) is 7.11 Å². The maximum atomic E-state index is 5.71. The molecule has 0 atom stereocenters. The molecule has 96 valence electrons. The van der Waals surface area contributed by atoms with Crippen LogP contribution in [0.5, 0.6) is 11.5 Å². The Morgan fingerprint density at radius 2 is 1.88 bits per heavy atom. The average Bonchev–Trinajstić information content (AvgIpc) is 2.28. The van der Waals surface area contributed by atoms with Gasteiger partial charge in [0.1, 0.15) is 6.61 Å². The second kappa shape index (κ2) is 6.50. The first-order chi connectivity index (χ1) is 8.04. The van der Waals surface area contributed by atoms with Crippen molar-refractivity contribution in [2.45, 2.75) is 19.8 Å². The van der Waals surface area contributed by atoms with Crippen LogP contribution in [0.2, 0.25) is 0 Å². The van der Waals surface area contributed by atoms with Crippen LogP contribution in [0.4, 0.5) is 0 Å². The summed E-state index contributed by atoms with van der Waals surface area (Å²) in [4.78, 5) is 2.09. The molecule has 3 heteroatoms. The van der Waals surface area contributed by atoms with Gasteiger partial charge in [-0.3, -0.25) is 0 Å². The minimum atomic E-state index is 0.500. The summed E-state index contributed by atoms with van der Waals surface area (Å²) in [5.74, 6) is 2.13. The normalized spacial score (nSPS) is 11.0. The highest BCUT2D eigenvalue weighted by atomic mass is 16.5. The molecule has 0 saturated heterocycles. The van der Waals surface area contributed by atoms with Crippen LogP contribution in [0.3, 0.4) is 0 Å². The second-order valence-electron chi connectivity index (χ2n) is 4.72. The van der Waals surface area contributed by atoms with Gasteiger partial charge in [-0.15, -0.1) is 0 Å². The summed E-state index contributed by atoms with van der Waals surface area (Å²) in [6.07, 6.45) is 0. The van der Waals surface area contributed by atoms with Crippen LogP contribution < -0.4 is 9.47 Å². The fraction of sp³-hybridized carbons (Fsp3) is 0.571. The van der Waals surface area contributed by atoms with E-state index < -0.39 is 0 Å². The molecule has 1 aromatic carbocycles. The third-order valence-corrected chi connectivity index (χ3v) is 2.65. The summed E-state index contributed by atoms with van der Waals surface area (Å²) in [5.41, 5.74) is 1.27. The Labute approximate surface area is 104 Å². The summed E-state index contributed by atoms with van der Waals surface area (Å²) in [5, 5.41) is 0. The molecule has 0 amide bonds. The zero-order chi connectivity index (χ0) is 12.8. The molecule has 3 nitrogen and oxygen atoms in total. The van der Waals surface area contributed by atoms with E-state index in [1.807, 2.05) is 20.2 Å². The number of benzene rings is 1. The molecule has 0 fully saturated rings. The Morgan fingerprint density at radius 1 is 1.18 bits per heavy atom. The summed E-state index contributed by atoms with van der Waals surface area (Å²) in [6, 6.07) is 6.14. The highest BCUT2D eigenvalue weighted by molar-refractivity contribution is 5.43. The Balaban J connectivity index is 2.71. The lowest BCUT2D eigenvalue weighted by Gasteiger charge is -2.15. The summed E-state index contributed by atoms with van der Waals surface area (Å²) < 4.78 is 11.1. The maximum Gasteiger partial charge on any atom is 0.161 e. The number of ether oxygens (including phenoxy) is 2. The quantitative estimate of drug-likeness (QED) is 0.759. The van der Waals surface area contributed by atoms with Crippen molar-refractivity contribution in [3.8, 4) is 11.5 Å². The van der Waals surface area contributed by atoms with E-state index in [-0.39, 0.29) is 0 Å². The Kier molecular flexibility index (Phi) is 5.29. The van der Waals surface area contributed by atoms with Crippen LogP contribution in [-0.2, 0) is 0 Å². The Hall–Kier alpha value is -1.22. The van der Waals surface area contributed by atoms with Gasteiger partial charge in [0, 0.05) is 6.54 Å². The molecule has 17 heavy (non-hydrogen) atoms. The molecular weight excluding hydrogens is 214 g/mol. The average molecular weight is 237 g/mol. The van der Waals surface area contributed by atoms with Crippen molar-refractivity contribution >= 4 is 0 Å². The molecule has 0 bridgehead atoms. The largest absolute Gasteiger partial charge is 0.493 e. The van der Waals surface area contributed by atoms with Crippen LogP contribution >= 0.6 is 0 Å². The van der Waals surface area contributed by atoms with Gasteiger partial charge >= 0.3 is 0 Å². The number of methoxy groups -OCH3 is 1. The van der Waals surface area contributed by atoms with Crippen molar-refractivity contribution in [1.29, 1.82) is 0 Å². The van der Waals surface area contributed by atoms with E-state index in [1.54, 1.807) is 7.11 Å². The predicted octanol–water partition coefficient (Wildman–Crippen LogP) is 2.76. The van der Waals surface area contributed by atoms with E-state index in [9.17, 15) is 0 Å². The first-order valence-electron chi connectivity index (χ1n) is 6.00. The SMILES string of the molecule is COc1cc(C(C)C)ccc1OCCN(C)C. The zero-order valence-corrected chi connectivity index (χ0v) is 11.5. The first-order valence-corrected chi connectivity index (χ1v) is 6.00. The van der Waals surface area contributed by atoms with Crippen LogP contribution in [0.25, 0.3) is 0 Å². The van der Waals surface area contributed by atoms with Crippen molar-refractivity contribution in [3.05, 3.63) is 23.8 Å². The predicted molar refractivity (Wildman–Crippen MR) is 71.1 cm³/mol. The van der Waals surface area contributed by atoms with Crippen LogP contribution in [-0.4, -0.2) is 39.3 Å². The van der Waals surface area contributed by atoms with E-state index in [2.05, 4.69) is 30.9 Å². The van der Waals surface area contributed by atoms with Gasteiger partial charge in [0.2, 0.25) is 0 Å². The number of likely N-dealkylation sites (N-methyl/N-ethyl adjacent to an activating group) is 1. The molecule has 0 N–H and O–H groups in total. The van der Waals surface area contributed by atoms with Gasteiger partial charge in [-0.05, 0) is 37.7 Å².